The molecule has 1 aliphatic rings. The minimum absolute atomic E-state index is 0.125. The number of benzene rings is 1. The monoisotopic (exact) mass is 265 g/mol. The zero-order chi connectivity index (χ0) is 13.8. The third-order valence-electron chi connectivity index (χ3n) is 3.37. The lowest BCUT2D eigenvalue weighted by Gasteiger charge is -2.22. The Morgan fingerprint density at radius 2 is 2.21 bits per heavy atom. The third-order valence-corrected chi connectivity index (χ3v) is 3.37. The highest BCUT2D eigenvalue weighted by Gasteiger charge is 2.21. The minimum Gasteiger partial charge on any atom is -0.379 e. The maximum atomic E-state index is 13.9. The van der Waals surface area contributed by atoms with E-state index in [1.165, 1.54) is 25.8 Å². The lowest BCUT2D eigenvalue weighted by atomic mass is 10.1. The number of halogens is 1. The summed E-state index contributed by atoms with van der Waals surface area (Å²) in [6.07, 6.45) is 2.52. The number of nitrogens with zero attached hydrogens (tertiary/aromatic N) is 1. The first kappa shape index (κ1) is 14.0. The Morgan fingerprint density at radius 1 is 1.47 bits per heavy atom. The average Bonchev–Trinajstić information content (AvgIpc) is 3.18. The molecule has 0 saturated heterocycles. The Bertz CT molecular complexity index is 457. The molecule has 0 bridgehead atoms. The van der Waals surface area contributed by atoms with E-state index in [1.54, 1.807) is 24.1 Å². The summed E-state index contributed by atoms with van der Waals surface area (Å²) < 4.78 is 19.4. The second kappa shape index (κ2) is 6.15. The summed E-state index contributed by atoms with van der Waals surface area (Å²) in [7, 11) is 1.78. The van der Waals surface area contributed by atoms with Crippen LogP contribution in [0.4, 0.5) is 10.1 Å². The molecule has 1 aliphatic carbocycles. The first-order chi connectivity index (χ1) is 9.09. The van der Waals surface area contributed by atoms with Crippen LogP contribution in [0.25, 0.3) is 0 Å². The Labute approximate surface area is 113 Å². The molecule has 0 atom stereocenters. The number of carbonyl (C=O) groups is 1. The van der Waals surface area contributed by atoms with Crippen LogP contribution in [0.5, 0.6) is 0 Å². The molecule has 3 nitrogen and oxygen atoms in total. The van der Waals surface area contributed by atoms with E-state index in [2.05, 4.69) is 0 Å². The fraction of sp³-hybridized carbons (Fsp3) is 0.533. The number of ether oxygens (including phenoxy) is 1. The van der Waals surface area contributed by atoms with Gasteiger partial charge in [0.2, 0.25) is 0 Å². The summed E-state index contributed by atoms with van der Waals surface area (Å²) in [5.41, 5.74) is 0.787. The molecule has 2 rings (SSSR count). The fourth-order valence-corrected chi connectivity index (χ4v) is 2.04. The van der Waals surface area contributed by atoms with Crippen molar-refractivity contribution in [2.75, 3.05) is 31.7 Å². The average molecular weight is 265 g/mol. The quantitative estimate of drug-likeness (QED) is 0.561. The van der Waals surface area contributed by atoms with Crippen molar-refractivity contribution in [2.24, 2.45) is 5.92 Å². The number of likely N-dealkylation sites (N-methyl/N-ethyl adjacent to an activating group) is 1. The molecule has 0 amide bonds. The molecule has 0 N–H and O–H groups in total. The highest BCUT2D eigenvalue weighted by Crippen LogP contribution is 2.29. The van der Waals surface area contributed by atoms with Crippen molar-refractivity contribution >= 4 is 11.5 Å². The predicted octanol–water partition coefficient (Wildman–Crippen LogP) is 2.89. The van der Waals surface area contributed by atoms with Gasteiger partial charge in [-0.2, -0.15) is 0 Å². The van der Waals surface area contributed by atoms with Crippen LogP contribution in [0.15, 0.2) is 18.2 Å². The topological polar surface area (TPSA) is 29.5 Å². The van der Waals surface area contributed by atoms with Crippen LogP contribution in [-0.4, -0.2) is 32.6 Å². The highest BCUT2D eigenvalue weighted by molar-refractivity contribution is 5.99. The van der Waals surface area contributed by atoms with Gasteiger partial charge in [0.15, 0.2) is 5.78 Å². The van der Waals surface area contributed by atoms with Crippen molar-refractivity contribution in [2.45, 2.75) is 19.8 Å². The van der Waals surface area contributed by atoms with E-state index in [1.807, 2.05) is 0 Å². The number of hydrogen-bond acceptors (Lipinski definition) is 3. The van der Waals surface area contributed by atoms with Crippen LogP contribution in [0.2, 0.25) is 0 Å². The summed E-state index contributed by atoms with van der Waals surface area (Å²) in [5.74, 6) is 0.240. The zero-order valence-electron chi connectivity index (χ0n) is 11.5. The molecule has 1 fully saturated rings. The van der Waals surface area contributed by atoms with E-state index in [0.717, 1.165) is 12.5 Å². The molecule has 19 heavy (non-hydrogen) atoms. The number of ketones is 1. The van der Waals surface area contributed by atoms with Crippen LogP contribution in [0.1, 0.15) is 30.1 Å². The van der Waals surface area contributed by atoms with Crippen molar-refractivity contribution < 1.29 is 13.9 Å². The van der Waals surface area contributed by atoms with Crippen molar-refractivity contribution in [3.63, 3.8) is 0 Å². The summed E-state index contributed by atoms with van der Waals surface area (Å²) in [6.45, 7) is 3.38. The molecule has 1 saturated carbocycles. The third kappa shape index (κ3) is 3.77. The van der Waals surface area contributed by atoms with Gasteiger partial charge in [0.25, 0.3) is 0 Å². The van der Waals surface area contributed by atoms with Gasteiger partial charge in [0, 0.05) is 25.8 Å². The molecule has 0 aromatic heterocycles. The highest BCUT2D eigenvalue weighted by atomic mass is 19.1. The Morgan fingerprint density at radius 3 is 2.84 bits per heavy atom. The summed E-state index contributed by atoms with van der Waals surface area (Å²) >= 11 is 0. The zero-order valence-corrected chi connectivity index (χ0v) is 11.5. The van der Waals surface area contributed by atoms with Gasteiger partial charge in [-0.25, -0.2) is 4.39 Å². The van der Waals surface area contributed by atoms with Crippen LogP contribution >= 0.6 is 0 Å². The van der Waals surface area contributed by atoms with Crippen molar-refractivity contribution in [3.8, 4) is 0 Å². The van der Waals surface area contributed by atoms with E-state index >= 15 is 0 Å². The van der Waals surface area contributed by atoms with Gasteiger partial charge in [0.05, 0.1) is 12.3 Å². The van der Waals surface area contributed by atoms with Crippen LogP contribution in [-0.2, 0) is 4.74 Å². The summed E-state index contributed by atoms with van der Waals surface area (Å²) in [5, 5.41) is 0. The number of rotatable bonds is 7. The second-order valence-corrected chi connectivity index (χ2v) is 5.13. The number of hydrogen-bond donors (Lipinski definition) is 0. The number of carbonyl (C=O) groups excluding carboxylic acids is 1. The standard InChI is InChI=1S/C15H20FNO2/c1-11(18)13-4-3-5-14(16)15(13)17(2)8-9-19-10-12-6-7-12/h3-5,12H,6-10H2,1-2H3. The van der Waals surface area contributed by atoms with Gasteiger partial charge >= 0.3 is 0 Å². The molecule has 0 aliphatic heterocycles. The Balaban J connectivity index is 1.96. The van der Waals surface area contributed by atoms with Gasteiger partial charge in [-0.3, -0.25) is 4.79 Å². The molecule has 4 heteroatoms. The van der Waals surface area contributed by atoms with Gasteiger partial charge in [-0.05, 0) is 37.8 Å². The van der Waals surface area contributed by atoms with E-state index < -0.39 is 0 Å². The normalized spacial score (nSPS) is 14.5. The van der Waals surface area contributed by atoms with E-state index in [4.69, 9.17) is 4.74 Å². The lowest BCUT2D eigenvalue weighted by molar-refractivity contribution is 0.101. The first-order valence-electron chi connectivity index (χ1n) is 6.68. The smallest absolute Gasteiger partial charge is 0.161 e. The van der Waals surface area contributed by atoms with Crippen molar-refractivity contribution in [1.82, 2.24) is 0 Å². The molecule has 104 valence electrons. The maximum absolute atomic E-state index is 13.9. The molecule has 0 spiro atoms. The van der Waals surface area contributed by atoms with Crippen molar-refractivity contribution in [3.05, 3.63) is 29.6 Å². The van der Waals surface area contributed by atoms with Crippen LogP contribution in [0, 0.1) is 11.7 Å². The van der Waals surface area contributed by atoms with Gasteiger partial charge in [0.1, 0.15) is 5.82 Å². The van der Waals surface area contributed by atoms with E-state index in [9.17, 15) is 9.18 Å². The summed E-state index contributed by atoms with van der Waals surface area (Å²) in [6, 6.07) is 4.60. The molecular weight excluding hydrogens is 245 g/mol. The maximum Gasteiger partial charge on any atom is 0.161 e. The predicted molar refractivity (Wildman–Crippen MR) is 73.2 cm³/mol. The van der Waals surface area contributed by atoms with E-state index in [-0.39, 0.29) is 11.6 Å². The number of anilines is 1. The summed E-state index contributed by atoms with van der Waals surface area (Å²) in [4.78, 5) is 13.3. The van der Waals surface area contributed by atoms with Crippen LogP contribution in [0.3, 0.4) is 0 Å². The molecule has 1 aromatic rings. The number of Topliss-reactive ketones (excluding diaryl/α,β-unsaturated/α-hetero) is 1. The van der Waals surface area contributed by atoms with Gasteiger partial charge in [-0.15, -0.1) is 0 Å². The fourth-order valence-electron chi connectivity index (χ4n) is 2.04. The molecule has 0 unspecified atom stereocenters. The Hall–Kier alpha value is -1.42. The molecule has 1 aromatic carbocycles. The first-order valence-corrected chi connectivity index (χ1v) is 6.68. The molecule has 0 radical (unpaired) electrons. The SMILES string of the molecule is CC(=O)c1cccc(F)c1N(C)CCOCC1CC1. The van der Waals surface area contributed by atoms with Crippen molar-refractivity contribution in [1.29, 1.82) is 0 Å². The number of para-hydroxylation sites is 1. The largest absolute Gasteiger partial charge is 0.379 e. The molecule has 0 heterocycles. The second-order valence-electron chi connectivity index (χ2n) is 5.13. The van der Waals surface area contributed by atoms with E-state index in [0.29, 0.717) is 24.4 Å². The van der Waals surface area contributed by atoms with Crippen LogP contribution < -0.4 is 4.90 Å². The van der Waals surface area contributed by atoms with Gasteiger partial charge < -0.3 is 9.64 Å². The minimum atomic E-state index is -0.364. The Kier molecular flexibility index (Phi) is 4.53. The van der Waals surface area contributed by atoms with Gasteiger partial charge in [-0.1, -0.05) is 6.07 Å². The lowest BCUT2D eigenvalue weighted by Crippen LogP contribution is -2.25. The molecular formula is C15H20FNO2.